The van der Waals surface area contributed by atoms with Gasteiger partial charge in [0.2, 0.25) is 0 Å². The van der Waals surface area contributed by atoms with Gasteiger partial charge in [-0.2, -0.15) is 0 Å². The summed E-state index contributed by atoms with van der Waals surface area (Å²) in [4.78, 5) is 11.8. The van der Waals surface area contributed by atoms with E-state index in [4.69, 9.17) is 14.7 Å². The SMILES string of the molecule is CCC1(CC)CN(c2cc([C@H]3CCCNC3)nc(C)n2)CCO1. The summed E-state index contributed by atoms with van der Waals surface area (Å²) in [5, 5.41) is 3.49. The maximum atomic E-state index is 6.10. The maximum Gasteiger partial charge on any atom is 0.132 e. The van der Waals surface area contributed by atoms with Gasteiger partial charge in [-0.1, -0.05) is 13.8 Å². The molecule has 0 bridgehead atoms. The highest BCUT2D eigenvalue weighted by molar-refractivity contribution is 5.42. The predicted molar refractivity (Wildman–Crippen MR) is 93.1 cm³/mol. The summed E-state index contributed by atoms with van der Waals surface area (Å²) in [6, 6.07) is 2.21. The zero-order valence-electron chi connectivity index (χ0n) is 14.8. The Labute approximate surface area is 139 Å². The zero-order chi connectivity index (χ0) is 16.3. The predicted octanol–water partition coefficient (Wildman–Crippen LogP) is 2.65. The van der Waals surface area contributed by atoms with Crippen LogP contribution in [-0.2, 0) is 4.74 Å². The number of hydrogen-bond donors (Lipinski definition) is 1. The van der Waals surface area contributed by atoms with Crippen LogP contribution in [0.2, 0.25) is 0 Å². The average Bonchev–Trinajstić information content (AvgIpc) is 2.62. The molecule has 23 heavy (non-hydrogen) atoms. The van der Waals surface area contributed by atoms with Gasteiger partial charge in [-0.3, -0.25) is 0 Å². The van der Waals surface area contributed by atoms with Gasteiger partial charge in [-0.05, 0) is 39.2 Å². The Kier molecular flexibility index (Phi) is 5.17. The third kappa shape index (κ3) is 3.66. The molecule has 0 amide bonds. The summed E-state index contributed by atoms with van der Waals surface area (Å²) in [5.41, 5.74) is 1.17. The second-order valence-electron chi connectivity index (χ2n) is 6.90. The van der Waals surface area contributed by atoms with Crippen LogP contribution in [0.3, 0.4) is 0 Å². The Balaban J connectivity index is 1.83. The Morgan fingerprint density at radius 2 is 2.17 bits per heavy atom. The van der Waals surface area contributed by atoms with E-state index >= 15 is 0 Å². The first-order valence-corrected chi connectivity index (χ1v) is 9.11. The lowest BCUT2D eigenvalue weighted by molar-refractivity contribution is -0.0607. The van der Waals surface area contributed by atoms with Crippen molar-refractivity contribution in [2.75, 3.05) is 37.7 Å². The molecular formula is C18H30N4O. The Morgan fingerprint density at radius 1 is 1.35 bits per heavy atom. The van der Waals surface area contributed by atoms with Gasteiger partial charge in [0.05, 0.1) is 17.9 Å². The highest BCUT2D eigenvalue weighted by Gasteiger charge is 2.34. The molecule has 1 atom stereocenters. The molecule has 2 saturated heterocycles. The van der Waals surface area contributed by atoms with Crippen LogP contribution < -0.4 is 10.2 Å². The molecule has 0 unspecified atom stereocenters. The van der Waals surface area contributed by atoms with Gasteiger partial charge in [0.15, 0.2) is 0 Å². The van der Waals surface area contributed by atoms with Crippen molar-refractivity contribution >= 4 is 5.82 Å². The first kappa shape index (κ1) is 16.7. The van der Waals surface area contributed by atoms with Crippen LogP contribution in [0, 0.1) is 6.92 Å². The smallest absolute Gasteiger partial charge is 0.132 e. The van der Waals surface area contributed by atoms with Crippen molar-refractivity contribution in [3.63, 3.8) is 0 Å². The van der Waals surface area contributed by atoms with Gasteiger partial charge in [0.1, 0.15) is 11.6 Å². The largest absolute Gasteiger partial charge is 0.371 e. The average molecular weight is 318 g/mol. The Hall–Kier alpha value is -1.20. The zero-order valence-corrected chi connectivity index (χ0v) is 14.8. The molecule has 5 heteroatoms. The van der Waals surface area contributed by atoms with E-state index in [2.05, 4.69) is 30.1 Å². The van der Waals surface area contributed by atoms with Gasteiger partial charge in [-0.15, -0.1) is 0 Å². The normalized spacial score (nSPS) is 24.7. The molecule has 0 aromatic carbocycles. The molecule has 128 valence electrons. The topological polar surface area (TPSA) is 50.3 Å². The fourth-order valence-corrected chi connectivity index (χ4v) is 3.77. The van der Waals surface area contributed by atoms with Crippen molar-refractivity contribution in [3.8, 4) is 0 Å². The summed E-state index contributed by atoms with van der Waals surface area (Å²) in [6.45, 7) is 11.2. The fourth-order valence-electron chi connectivity index (χ4n) is 3.77. The molecule has 2 aliphatic rings. The van der Waals surface area contributed by atoms with Crippen LogP contribution in [0.5, 0.6) is 0 Å². The number of ether oxygens (including phenoxy) is 1. The molecule has 1 N–H and O–H groups in total. The van der Waals surface area contributed by atoms with Crippen LogP contribution in [0.15, 0.2) is 6.07 Å². The number of morpholine rings is 1. The highest BCUT2D eigenvalue weighted by Crippen LogP contribution is 2.30. The van der Waals surface area contributed by atoms with E-state index in [0.717, 1.165) is 57.3 Å². The minimum Gasteiger partial charge on any atom is -0.371 e. The summed E-state index contributed by atoms with van der Waals surface area (Å²) in [6.07, 6.45) is 4.54. The molecule has 5 nitrogen and oxygen atoms in total. The van der Waals surface area contributed by atoms with Gasteiger partial charge in [-0.25, -0.2) is 9.97 Å². The van der Waals surface area contributed by atoms with E-state index in [-0.39, 0.29) is 5.60 Å². The molecule has 0 spiro atoms. The lowest BCUT2D eigenvalue weighted by atomic mass is 9.94. The van der Waals surface area contributed by atoms with Gasteiger partial charge >= 0.3 is 0 Å². The molecular weight excluding hydrogens is 288 g/mol. The third-order valence-electron chi connectivity index (χ3n) is 5.42. The van der Waals surface area contributed by atoms with Gasteiger partial charge in [0.25, 0.3) is 0 Å². The van der Waals surface area contributed by atoms with E-state index in [1.807, 2.05) is 6.92 Å². The second-order valence-corrected chi connectivity index (χ2v) is 6.90. The van der Waals surface area contributed by atoms with E-state index < -0.39 is 0 Å². The van der Waals surface area contributed by atoms with Crippen LogP contribution in [0.1, 0.15) is 57.0 Å². The first-order valence-electron chi connectivity index (χ1n) is 9.11. The fraction of sp³-hybridized carbons (Fsp3) is 0.778. The molecule has 1 aromatic heterocycles. The number of rotatable bonds is 4. The van der Waals surface area contributed by atoms with Crippen molar-refractivity contribution < 1.29 is 4.74 Å². The number of aryl methyl sites for hydroxylation is 1. The Bertz CT molecular complexity index is 524. The van der Waals surface area contributed by atoms with Crippen molar-refractivity contribution in [1.29, 1.82) is 0 Å². The number of aromatic nitrogens is 2. The number of nitrogens with one attached hydrogen (secondary N) is 1. The summed E-state index contributed by atoms with van der Waals surface area (Å²) in [5.74, 6) is 2.48. The van der Waals surface area contributed by atoms with E-state index in [1.54, 1.807) is 0 Å². The molecule has 1 aromatic rings. The quantitative estimate of drug-likeness (QED) is 0.925. The molecule has 3 heterocycles. The van der Waals surface area contributed by atoms with Gasteiger partial charge in [0, 0.05) is 31.6 Å². The van der Waals surface area contributed by atoms with Crippen molar-refractivity contribution in [2.45, 2.75) is 58.0 Å². The third-order valence-corrected chi connectivity index (χ3v) is 5.42. The summed E-state index contributed by atoms with van der Waals surface area (Å²) >= 11 is 0. The van der Waals surface area contributed by atoms with Crippen molar-refractivity contribution in [3.05, 3.63) is 17.6 Å². The molecule has 0 aliphatic carbocycles. The summed E-state index contributed by atoms with van der Waals surface area (Å²) < 4.78 is 6.10. The van der Waals surface area contributed by atoms with E-state index in [9.17, 15) is 0 Å². The van der Waals surface area contributed by atoms with Gasteiger partial charge < -0.3 is 15.0 Å². The lowest BCUT2D eigenvalue weighted by Crippen LogP contribution is -2.51. The van der Waals surface area contributed by atoms with Crippen LogP contribution in [0.25, 0.3) is 0 Å². The van der Waals surface area contributed by atoms with E-state index in [0.29, 0.717) is 5.92 Å². The van der Waals surface area contributed by atoms with Crippen molar-refractivity contribution in [2.24, 2.45) is 0 Å². The lowest BCUT2D eigenvalue weighted by Gasteiger charge is -2.42. The number of hydrogen-bond acceptors (Lipinski definition) is 5. The van der Waals surface area contributed by atoms with E-state index in [1.165, 1.54) is 18.5 Å². The molecule has 2 aliphatic heterocycles. The van der Waals surface area contributed by atoms with Crippen LogP contribution >= 0.6 is 0 Å². The van der Waals surface area contributed by atoms with Crippen molar-refractivity contribution in [1.82, 2.24) is 15.3 Å². The minimum atomic E-state index is -0.0241. The maximum absolute atomic E-state index is 6.10. The highest BCUT2D eigenvalue weighted by atomic mass is 16.5. The Morgan fingerprint density at radius 3 is 2.87 bits per heavy atom. The number of nitrogens with zero attached hydrogens (tertiary/aromatic N) is 3. The minimum absolute atomic E-state index is 0.0241. The number of anilines is 1. The standard InChI is InChI=1S/C18H30N4O/c1-4-18(5-2)13-22(9-10-23-18)17-11-16(20-14(3)21-17)15-7-6-8-19-12-15/h11,15,19H,4-10,12-13H2,1-3H3/t15-/m0/s1. The first-order chi connectivity index (χ1) is 11.2. The molecule has 0 saturated carbocycles. The molecule has 3 rings (SSSR count). The monoisotopic (exact) mass is 318 g/mol. The number of piperidine rings is 1. The summed E-state index contributed by atoms with van der Waals surface area (Å²) in [7, 11) is 0. The molecule has 2 fully saturated rings. The second kappa shape index (κ2) is 7.14. The van der Waals surface area contributed by atoms with Crippen LogP contribution in [-0.4, -0.2) is 48.4 Å². The van der Waals surface area contributed by atoms with Crippen LogP contribution in [0.4, 0.5) is 5.82 Å². The molecule has 0 radical (unpaired) electrons.